The fraction of sp³-hybridized carbons (Fsp3) is 0.235. The van der Waals surface area contributed by atoms with Gasteiger partial charge in [0.1, 0.15) is 0 Å². The molecule has 2 aromatic carbocycles. The number of carbonyl (C=O) groups excluding carboxylic acids is 1. The Morgan fingerprint density at radius 1 is 1.10 bits per heavy atom. The molecular formula is C17H19N3O. The topological polar surface area (TPSA) is 84.9 Å². The standard InChI is InChI=1S/C17H19N3O/c18-14(5-3-7-17(19)21)11-8-9-16-13(10-11)12-4-1-2-6-15(12)20-16/h1-2,4,6,8-10,14,20H,3,5,7,18H2,(H2,19,21). The third-order valence-corrected chi connectivity index (χ3v) is 3.90. The Labute approximate surface area is 123 Å². The number of fused-ring (bicyclic) bond motifs is 3. The maximum absolute atomic E-state index is 10.8. The van der Waals surface area contributed by atoms with Gasteiger partial charge in [-0.05, 0) is 36.6 Å². The number of H-pyrrole nitrogens is 1. The number of para-hydroxylation sites is 1. The highest BCUT2D eigenvalue weighted by atomic mass is 16.1. The molecule has 0 fully saturated rings. The molecule has 108 valence electrons. The lowest BCUT2D eigenvalue weighted by molar-refractivity contribution is -0.118. The molecule has 1 heterocycles. The number of carbonyl (C=O) groups is 1. The van der Waals surface area contributed by atoms with E-state index in [4.69, 9.17) is 11.5 Å². The number of nitrogens with two attached hydrogens (primary N) is 2. The fourth-order valence-electron chi connectivity index (χ4n) is 2.76. The van der Waals surface area contributed by atoms with Gasteiger partial charge in [0.2, 0.25) is 5.91 Å². The first kappa shape index (κ1) is 13.6. The van der Waals surface area contributed by atoms with Crippen molar-refractivity contribution in [3.05, 3.63) is 48.0 Å². The van der Waals surface area contributed by atoms with Gasteiger partial charge in [0.15, 0.2) is 0 Å². The van der Waals surface area contributed by atoms with Gasteiger partial charge in [-0.25, -0.2) is 0 Å². The van der Waals surface area contributed by atoms with Crippen LogP contribution in [0.5, 0.6) is 0 Å². The summed E-state index contributed by atoms with van der Waals surface area (Å²) in [7, 11) is 0. The van der Waals surface area contributed by atoms with Crippen LogP contribution in [0.3, 0.4) is 0 Å². The van der Waals surface area contributed by atoms with Crippen LogP contribution in [0, 0.1) is 0 Å². The first-order valence-electron chi connectivity index (χ1n) is 7.19. The molecule has 3 rings (SSSR count). The first-order valence-corrected chi connectivity index (χ1v) is 7.19. The number of amides is 1. The van der Waals surface area contributed by atoms with Crippen LogP contribution >= 0.6 is 0 Å². The van der Waals surface area contributed by atoms with Gasteiger partial charge in [0.25, 0.3) is 0 Å². The highest BCUT2D eigenvalue weighted by Crippen LogP contribution is 2.28. The molecule has 1 atom stereocenters. The summed E-state index contributed by atoms with van der Waals surface area (Å²) in [5.74, 6) is -0.269. The van der Waals surface area contributed by atoms with Gasteiger partial charge >= 0.3 is 0 Å². The number of benzene rings is 2. The molecule has 4 heteroatoms. The second-order valence-electron chi connectivity index (χ2n) is 5.44. The van der Waals surface area contributed by atoms with Crippen molar-refractivity contribution in [2.24, 2.45) is 11.5 Å². The number of hydrogen-bond acceptors (Lipinski definition) is 2. The fourth-order valence-corrected chi connectivity index (χ4v) is 2.76. The highest BCUT2D eigenvalue weighted by molar-refractivity contribution is 6.07. The molecule has 0 spiro atoms. The first-order chi connectivity index (χ1) is 10.1. The summed E-state index contributed by atoms with van der Waals surface area (Å²) < 4.78 is 0. The van der Waals surface area contributed by atoms with Crippen LogP contribution in [0.1, 0.15) is 30.9 Å². The molecule has 0 saturated carbocycles. The van der Waals surface area contributed by atoms with Crippen molar-refractivity contribution in [2.75, 3.05) is 0 Å². The zero-order valence-electron chi connectivity index (χ0n) is 11.8. The quantitative estimate of drug-likeness (QED) is 0.671. The SMILES string of the molecule is NC(=O)CCCC(N)c1ccc2[nH]c3ccccc3c2c1. The van der Waals surface area contributed by atoms with Gasteiger partial charge in [-0.1, -0.05) is 24.3 Å². The molecular weight excluding hydrogens is 262 g/mol. The molecule has 4 nitrogen and oxygen atoms in total. The van der Waals surface area contributed by atoms with E-state index in [0.29, 0.717) is 6.42 Å². The predicted octanol–water partition coefficient (Wildman–Crippen LogP) is 2.98. The summed E-state index contributed by atoms with van der Waals surface area (Å²) in [6.07, 6.45) is 1.88. The number of aromatic amines is 1. The van der Waals surface area contributed by atoms with E-state index in [0.717, 1.165) is 29.4 Å². The third-order valence-electron chi connectivity index (χ3n) is 3.90. The molecule has 0 aliphatic carbocycles. The Hall–Kier alpha value is -2.33. The Balaban J connectivity index is 1.89. The van der Waals surface area contributed by atoms with E-state index in [-0.39, 0.29) is 11.9 Å². The molecule has 1 amide bonds. The van der Waals surface area contributed by atoms with E-state index in [1.165, 1.54) is 10.8 Å². The van der Waals surface area contributed by atoms with E-state index in [1.807, 2.05) is 18.2 Å². The van der Waals surface area contributed by atoms with Crippen LogP contribution in [-0.2, 0) is 4.79 Å². The normalized spacial score (nSPS) is 12.8. The van der Waals surface area contributed by atoms with Gasteiger partial charge < -0.3 is 16.5 Å². The minimum atomic E-state index is -0.269. The van der Waals surface area contributed by atoms with Crippen molar-refractivity contribution in [1.82, 2.24) is 4.98 Å². The van der Waals surface area contributed by atoms with Crippen molar-refractivity contribution in [2.45, 2.75) is 25.3 Å². The molecule has 0 radical (unpaired) electrons. The lowest BCUT2D eigenvalue weighted by Gasteiger charge is -2.11. The van der Waals surface area contributed by atoms with Gasteiger partial charge in [0.05, 0.1) is 0 Å². The molecule has 0 aliphatic heterocycles. The molecule has 5 N–H and O–H groups in total. The number of hydrogen-bond donors (Lipinski definition) is 3. The lowest BCUT2D eigenvalue weighted by Crippen LogP contribution is -2.13. The second kappa shape index (κ2) is 5.58. The van der Waals surface area contributed by atoms with Crippen molar-refractivity contribution in [3.63, 3.8) is 0 Å². The minimum absolute atomic E-state index is 0.0672. The third kappa shape index (κ3) is 2.76. The van der Waals surface area contributed by atoms with Crippen molar-refractivity contribution in [1.29, 1.82) is 0 Å². The lowest BCUT2D eigenvalue weighted by atomic mass is 9.99. The summed E-state index contributed by atoms with van der Waals surface area (Å²) in [6.45, 7) is 0. The monoisotopic (exact) mass is 281 g/mol. The summed E-state index contributed by atoms with van der Waals surface area (Å²) in [6, 6.07) is 14.4. The van der Waals surface area contributed by atoms with Gasteiger partial charge in [0, 0.05) is 34.3 Å². The van der Waals surface area contributed by atoms with Crippen molar-refractivity contribution in [3.8, 4) is 0 Å². The van der Waals surface area contributed by atoms with Gasteiger partial charge in [-0.15, -0.1) is 0 Å². The summed E-state index contributed by atoms with van der Waals surface area (Å²) in [5, 5.41) is 2.40. The van der Waals surface area contributed by atoms with E-state index in [2.05, 4.69) is 29.2 Å². The number of aromatic nitrogens is 1. The molecule has 0 bridgehead atoms. The average Bonchev–Trinajstić information content (AvgIpc) is 2.84. The van der Waals surface area contributed by atoms with E-state index in [1.54, 1.807) is 0 Å². The Bertz CT molecular complexity index is 791. The van der Waals surface area contributed by atoms with E-state index >= 15 is 0 Å². The zero-order chi connectivity index (χ0) is 14.8. The summed E-state index contributed by atoms with van der Waals surface area (Å²) >= 11 is 0. The molecule has 1 unspecified atom stereocenters. The Morgan fingerprint density at radius 3 is 2.67 bits per heavy atom. The molecule has 21 heavy (non-hydrogen) atoms. The predicted molar refractivity (Wildman–Crippen MR) is 85.8 cm³/mol. The van der Waals surface area contributed by atoms with Gasteiger partial charge in [-0.3, -0.25) is 4.79 Å². The maximum atomic E-state index is 10.8. The molecule has 3 aromatic rings. The molecule has 0 aliphatic rings. The van der Waals surface area contributed by atoms with Crippen LogP contribution in [0.25, 0.3) is 21.8 Å². The van der Waals surface area contributed by atoms with Crippen LogP contribution in [-0.4, -0.2) is 10.9 Å². The Morgan fingerprint density at radius 2 is 1.86 bits per heavy atom. The summed E-state index contributed by atoms with van der Waals surface area (Å²) in [4.78, 5) is 14.2. The largest absolute Gasteiger partial charge is 0.370 e. The van der Waals surface area contributed by atoms with Crippen LogP contribution in [0.4, 0.5) is 0 Å². The van der Waals surface area contributed by atoms with Crippen LogP contribution in [0.2, 0.25) is 0 Å². The molecule has 1 aromatic heterocycles. The average molecular weight is 281 g/mol. The van der Waals surface area contributed by atoms with Crippen LogP contribution < -0.4 is 11.5 Å². The number of rotatable bonds is 5. The van der Waals surface area contributed by atoms with E-state index < -0.39 is 0 Å². The highest BCUT2D eigenvalue weighted by Gasteiger charge is 2.10. The smallest absolute Gasteiger partial charge is 0.217 e. The molecule has 0 saturated heterocycles. The van der Waals surface area contributed by atoms with Crippen molar-refractivity contribution >= 4 is 27.7 Å². The maximum Gasteiger partial charge on any atom is 0.217 e. The minimum Gasteiger partial charge on any atom is -0.370 e. The van der Waals surface area contributed by atoms with E-state index in [9.17, 15) is 4.79 Å². The Kier molecular flexibility index (Phi) is 3.62. The zero-order valence-corrected chi connectivity index (χ0v) is 11.8. The number of primary amides is 1. The summed E-state index contributed by atoms with van der Waals surface area (Å²) in [5.41, 5.74) is 14.7. The number of nitrogens with one attached hydrogen (secondary N) is 1. The second-order valence-corrected chi connectivity index (χ2v) is 5.44. The van der Waals surface area contributed by atoms with Crippen LogP contribution in [0.15, 0.2) is 42.5 Å². The van der Waals surface area contributed by atoms with Gasteiger partial charge in [-0.2, -0.15) is 0 Å². The van der Waals surface area contributed by atoms with Crippen molar-refractivity contribution < 1.29 is 4.79 Å².